The molecule has 0 bridgehead atoms. The Hall–Kier alpha value is -0.800. The van der Waals surface area contributed by atoms with Gasteiger partial charge >= 0.3 is 6.03 Å². The number of nitrogens with two attached hydrogens (primary N) is 1. The van der Waals surface area contributed by atoms with E-state index in [-0.39, 0.29) is 6.54 Å². The molecule has 3 nitrogen and oxygen atoms in total. The summed E-state index contributed by atoms with van der Waals surface area (Å²) >= 11 is 0. The maximum absolute atomic E-state index is 11.9. The van der Waals surface area contributed by atoms with Crippen LogP contribution < -0.4 is 5.73 Å². The van der Waals surface area contributed by atoms with Gasteiger partial charge in [-0.15, -0.1) is 0 Å². The molecule has 0 atom stereocenters. The lowest BCUT2D eigenvalue weighted by Gasteiger charge is -2.17. The summed E-state index contributed by atoms with van der Waals surface area (Å²) in [5.74, 6) is 0. The van der Waals surface area contributed by atoms with Crippen LogP contribution in [0.4, 0.5) is 9.18 Å². The molecule has 0 aromatic carbocycles. The SMILES string of the molecule is CCCCCN(CCF)C(N)=O. The van der Waals surface area contributed by atoms with Crippen molar-refractivity contribution >= 4 is 6.03 Å². The van der Waals surface area contributed by atoms with Gasteiger partial charge < -0.3 is 10.6 Å². The molecule has 2 amide bonds. The lowest BCUT2D eigenvalue weighted by atomic mass is 10.2. The maximum atomic E-state index is 11.9. The van der Waals surface area contributed by atoms with E-state index in [1.54, 1.807) is 0 Å². The van der Waals surface area contributed by atoms with Gasteiger partial charge in [-0.05, 0) is 6.42 Å². The van der Waals surface area contributed by atoms with Crippen molar-refractivity contribution in [1.82, 2.24) is 4.90 Å². The number of amides is 2. The summed E-state index contributed by atoms with van der Waals surface area (Å²) in [5.41, 5.74) is 5.03. The van der Waals surface area contributed by atoms with Gasteiger partial charge in [0, 0.05) is 6.54 Å². The highest BCUT2D eigenvalue weighted by atomic mass is 19.1. The van der Waals surface area contributed by atoms with E-state index in [1.807, 2.05) is 0 Å². The summed E-state index contributed by atoms with van der Waals surface area (Å²) in [6.45, 7) is 2.25. The second-order valence-electron chi connectivity index (χ2n) is 2.72. The van der Waals surface area contributed by atoms with Crippen LogP contribution in [0.5, 0.6) is 0 Å². The fourth-order valence-electron chi connectivity index (χ4n) is 0.987. The van der Waals surface area contributed by atoms with Crippen molar-refractivity contribution in [3.05, 3.63) is 0 Å². The first-order valence-corrected chi connectivity index (χ1v) is 4.32. The number of urea groups is 1. The van der Waals surface area contributed by atoms with E-state index in [1.165, 1.54) is 4.90 Å². The van der Waals surface area contributed by atoms with Gasteiger partial charge in [0.15, 0.2) is 0 Å². The van der Waals surface area contributed by atoms with E-state index in [0.29, 0.717) is 6.54 Å². The Balaban J connectivity index is 3.56. The van der Waals surface area contributed by atoms with Crippen molar-refractivity contribution in [2.45, 2.75) is 26.2 Å². The average Bonchev–Trinajstić information content (AvgIpc) is 2.03. The summed E-state index contributed by atoms with van der Waals surface area (Å²) in [7, 11) is 0. The van der Waals surface area contributed by atoms with Gasteiger partial charge in [-0.2, -0.15) is 0 Å². The fourth-order valence-corrected chi connectivity index (χ4v) is 0.987. The molecular formula is C8H17FN2O. The molecule has 0 aliphatic carbocycles. The third kappa shape index (κ3) is 4.93. The normalized spacial score (nSPS) is 9.83. The lowest BCUT2D eigenvalue weighted by Crippen LogP contribution is -2.37. The number of hydrogen-bond acceptors (Lipinski definition) is 1. The van der Waals surface area contributed by atoms with E-state index in [9.17, 15) is 9.18 Å². The largest absolute Gasteiger partial charge is 0.351 e. The molecule has 0 unspecified atom stereocenters. The number of halogens is 1. The molecule has 0 aromatic heterocycles. The molecule has 12 heavy (non-hydrogen) atoms. The minimum atomic E-state index is -0.524. The molecule has 0 spiro atoms. The monoisotopic (exact) mass is 176 g/mol. The Labute approximate surface area is 72.7 Å². The molecule has 0 rings (SSSR count). The first-order chi connectivity index (χ1) is 5.72. The van der Waals surface area contributed by atoms with Gasteiger partial charge in [0.25, 0.3) is 0 Å². The maximum Gasteiger partial charge on any atom is 0.314 e. The van der Waals surface area contributed by atoms with E-state index >= 15 is 0 Å². The molecular weight excluding hydrogens is 159 g/mol. The Morgan fingerprint density at radius 2 is 2.08 bits per heavy atom. The zero-order valence-corrected chi connectivity index (χ0v) is 7.55. The number of primary amides is 1. The Kier molecular flexibility index (Phi) is 6.42. The number of carbonyl (C=O) groups is 1. The van der Waals surface area contributed by atoms with Crippen LogP contribution in [0.25, 0.3) is 0 Å². The quantitative estimate of drug-likeness (QED) is 0.613. The molecule has 0 aliphatic heterocycles. The molecule has 72 valence electrons. The zero-order chi connectivity index (χ0) is 9.40. The highest BCUT2D eigenvalue weighted by Crippen LogP contribution is 1.97. The predicted molar refractivity (Wildman–Crippen MR) is 46.7 cm³/mol. The fraction of sp³-hybridized carbons (Fsp3) is 0.875. The molecule has 2 N–H and O–H groups in total. The first kappa shape index (κ1) is 11.2. The van der Waals surface area contributed by atoms with Gasteiger partial charge in [0.2, 0.25) is 0 Å². The number of unbranched alkanes of at least 4 members (excludes halogenated alkanes) is 2. The number of rotatable bonds is 6. The van der Waals surface area contributed by atoms with E-state index in [4.69, 9.17) is 5.73 Å². The van der Waals surface area contributed by atoms with Gasteiger partial charge in [-0.25, -0.2) is 9.18 Å². The van der Waals surface area contributed by atoms with Crippen LogP contribution in [-0.2, 0) is 0 Å². The van der Waals surface area contributed by atoms with Crippen molar-refractivity contribution in [1.29, 1.82) is 0 Å². The molecule has 0 heterocycles. The second kappa shape index (κ2) is 6.88. The minimum Gasteiger partial charge on any atom is -0.351 e. The van der Waals surface area contributed by atoms with E-state index in [0.717, 1.165) is 19.3 Å². The molecule has 0 saturated heterocycles. The number of nitrogens with zero attached hydrogens (tertiary/aromatic N) is 1. The van der Waals surface area contributed by atoms with Gasteiger partial charge in [0.05, 0.1) is 6.54 Å². The Morgan fingerprint density at radius 3 is 2.50 bits per heavy atom. The van der Waals surface area contributed by atoms with Crippen molar-refractivity contribution in [2.24, 2.45) is 5.73 Å². The molecule has 0 radical (unpaired) electrons. The number of carbonyl (C=O) groups excluding carboxylic acids is 1. The van der Waals surface area contributed by atoms with Gasteiger partial charge in [0.1, 0.15) is 6.67 Å². The molecule has 0 aromatic rings. The zero-order valence-electron chi connectivity index (χ0n) is 7.55. The van der Waals surface area contributed by atoms with E-state index < -0.39 is 12.7 Å². The topological polar surface area (TPSA) is 46.3 Å². The third-order valence-electron chi connectivity index (χ3n) is 1.70. The standard InChI is InChI=1S/C8H17FN2O/c1-2-3-4-6-11(7-5-9)8(10)12/h2-7H2,1H3,(H2,10,12). The van der Waals surface area contributed by atoms with Gasteiger partial charge in [-0.1, -0.05) is 19.8 Å². The van der Waals surface area contributed by atoms with Crippen LogP contribution in [-0.4, -0.2) is 30.7 Å². The highest BCUT2D eigenvalue weighted by molar-refractivity contribution is 5.71. The van der Waals surface area contributed by atoms with Crippen LogP contribution in [0, 0.1) is 0 Å². The highest BCUT2D eigenvalue weighted by Gasteiger charge is 2.07. The minimum absolute atomic E-state index is 0.124. The average molecular weight is 176 g/mol. The smallest absolute Gasteiger partial charge is 0.314 e. The van der Waals surface area contributed by atoms with Crippen molar-refractivity contribution in [3.63, 3.8) is 0 Å². The lowest BCUT2D eigenvalue weighted by molar-refractivity contribution is 0.201. The summed E-state index contributed by atoms with van der Waals surface area (Å²) in [6, 6.07) is -0.524. The first-order valence-electron chi connectivity index (χ1n) is 4.32. The number of hydrogen-bond donors (Lipinski definition) is 1. The number of alkyl halides is 1. The molecule has 0 saturated carbocycles. The van der Waals surface area contributed by atoms with Gasteiger partial charge in [-0.3, -0.25) is 0 Å². The molecule has 0 aliphatic rings. The molecule has 4 heteroatoms. The van der Waals surface area contributed by atoms with Crippen LogP contribution in [0.1, 0.15) is 26.2 Å². The van der Waals surface area contributed by atoms with Crippen LogP contribution in [0.3, 0.4) is 0 Å². The van der Waals surface area contributed by atoms with Crippen LogP contribution in [0.2, 0.25) is 0 Å². The van der Waals surface area contributed by atoms with Crippen molar-refractivity contribution in [2.75, 3.05) is 19.8 Å². The summed E-state index contributed by atoms with van der Waals surface area (Å²) in [6.07, 6.45) is 3.04. The predicted octanol–water partition coefficient (Wildman–Crippen LogP) is 1.53. The summed E-state index contributed by atoms with van der Waals surface area (Å²) < 4.78 is 11.9. The Bertz CT molecular complexity index is 130. The van der Waals surface area contributed by atoms with Crippen molar-refractivity contribution < 1.29 is 9.18 Å². The Morgan fingerprint density at radius 1 is 1.42 bits per heavy atom. The molecule has 0 fully saturated rings. The summed E-state index contributed by atoms with van der Waals surface area (Å²) in [4.78, 5) is 12.0. The van der Waals surface area contributed by atoms with Crippen molar-refractivity contribution in [3.8, 4) is 0 Å². The second-order valence-corrected chi connectivity index (χ2v) is 2.72. The van der Waals surface area contributed by atoms with E-state index in [2.05, 4.69) is 6.92 Å². The summed E-state index contributed by atoms with van der Waals surface area (Å²) in [5, 5.41) is 0. The third-order valence-corrected chi connectivity index (χ3v) is 1.70. The van der Waals surface area contributed by atoms with Crippen LogP contribution >= 0.6 is 0 Å². The van der Waals surface area contributed by atoms with Crippen LogP contribution in [0.15, 0.2) is 0 Å².